The molecule has 0 atom stereocenters. The number of carboxylic acid groups (broad SMARTS) is 2. The fraction of sp³-hybridized carbons (Fsp3) is 0.217. The third kappa shape index (κ3) is 3.97. The van der Waals surface area contributed by atoms with Crippen LogP contribution in [0, 0.1) is 0 Å². The molecule has 8 nitrogen and oxygen atoms in total. The number of aromatic nitrogens is 4. The third-order valence-electron chi connectivity index (χ3n) is 5.26. The van der Waals surface area contributed by atoms with Crippen molar-refractivity contribution in [3.05, 3.63) is 76.6 Å². The first-order chi connectivity index (χ1) is 15.4. The van der Waals surface area contributed by atoms with Crippen LogP contribution in [0.5, 0.6) is 0 Å². The molecule has 0 aliphatic heterocycles. The highest BCUT2D eigenvalue weighted by molar-refractivity contribution is 6.32. The summed E-state index contributed by atoms with van der Waals surface area (Å²) in [4.78, 5) is 32.3. The van der Waals surface area contributed by atoms with Gasteiger partial charge in [0.15, 0.2) is 16.5 Å². The number of rotatable bonds is 8. The molecule has 0 saturated carbocycles. The molecular formula is C23H21ClN4O4. The molecule has 3 aromatic heterocycles. The topological polar surface area (TPSA) is 110 Å². The smallest absolute Gasteiger partial charge is 0.355 e. The van der Waals surface area contributed by atoms with Gasteiger partial charge in [-0.1, -0.05) is 55.3 Å². The summed E-state index contributed by atoms with van der Waals surface area (Å²) in [6.07, 6.45) is 4.12. The molecule has 0 aliphatic carbocycles. The minimum Gasteiger partial charge on any atom is -0.476 e. The van der Waals surface area contributed by atoms with Crippen LogP contribution >= 0.6 is 11.6 Å². The van der Waals surface area contributed by atoms with E-state index in [1.165, 1.54) is 4.40 Å². The molecular weight excluding hydrogens is 432 g/mol. The number of carbonyl (C=O) groups is 2. The highest BCUT2D eigenvalue weighted by atomic mass is 35.5. The number of aryl methyl sites for hydroxylation is 1. The Kier molecular flexibility index (Phi) is 5.96. The number of unbranched alkanes of at least 4 members (excludes halogenated alkanes) is 1. The maximum absolute atomic E-state index is 11.9. The molecule has 32 heavy (non-hydrogen) atoms. The molecule has 2 N–H and O–H groups in total. The van der Waals surface area contributed by atoms with Crippen LogP contribution in [0.3, 0.4) is 0 Å². The lowest BCUT2D eigenvalue weighted by molar-refractivity contribution is 0.0677. The van der Waals surface area contributed by atoms with E-state index in [0.29, 0.717) is 29.1 Å². The van der Waals surface area contributed by atoms with Crippen molar-refractivity contribution in [2.24, 2.45) is 0 Å². The van der Waals surface area contributed by atoms with Gasteiger partial charge in [0.1, 0.15) is 17.2 Å². The monoisotopic (exact) mass is 452 g/mol. The predicted molar refractivity (Wildman–Crippen MR) is 119 cm³/mol. The first-order valence-corrected chi connectivity index (χ1v) is 10.6. The fourth-order valence-electron chi connectivity index (χ4n) is 3.72. The van der Waals surface area contributed by atoms with Crippen LogP contribution in [0.25, 0.3) is 16.9 Å². The second-order valence-electron chi connectivity index (χ2n) is 7.40. The first-order valence-electron chi connectivity index (χ1n) is 10.2. The van der Waals surface area contributed by atoms with Crippen molar-refractivity contribution in [1.29, 1.82) is 0 Å². The number of benzene rings is 1. The van der Waals surface area contributed by atoms with Crippen LogP contribution in [0.15, 0.2) is 48.7 Å². The number of halogens is 1. The van der Waals surface area contributed by atoms with Gasteiger partial charge in [-0.05, 0) is 24.1 Å². The van der Waals surface area contributed by atoms with Gasteiger partial charge in [0.2, 0.25) is 0 Å². The molecule has 4 aromatic rings. The number of imidazole rings is 2. The highest BCUT2D eigenvalue weighted by Gasteiger charge is 2.22. The summed E-state index contributed by atoms with van der Waals surface area (Å²) in [7, 11) is 0. The van der Waals surface area contributed by atoms with Gasteiger partial charge in [0, 0.05) is 24.7 Å². The average molecular weight is 453 g/mol. The molecule has 0 amide bonds. The second-order valence-corrected chi connectivity index (χ2v) is 7.76. The lowest BCUT2D eigenvalue weighted by Gasteiger charge is -2.11. The highest BCUT2D eigenvalue weighted by Crippen LogP contribution is 2.26. The summed E-state index contributed by atoms with van der Waals surface area (Å²) in [5.41, 5.74) is 2.46. The van der Waals surface area contributed by atoms with Crippen LogP contribution in [0.4, 0.5) is 0 Å². The summed E-state index contributed by atoms with van der Waals surface area (Å²) in [5.74, 6) is -1.56. The summed E-state index contributed by atoms with van der Waals surface area (Å²) < 4.78 is 3.17. The summed E-state index contributed by atoms with van der Waals surface area (Å²) in [5, 5.41) is 19.3. The van der Waals surface area contributed by atoms with E-state index in [4.69, 9.17) is 11.6 Å². The molecule has 0 unspecified atom stereocenters. The SMILES string of the molecule is CCCCc1nc(Cl)c(C(=O)O)n1Cc1ccc(-c2nc3ccccn3c2C(=O)O)cc1. The van der Waals surface area contributed by atoms with Crippen molar-refractivity contribution in [3.8, 4) is 11.3 Å². The van der Waals surface area contributed by atoms with Crippen LogP contribution in [-0.4, -0.2) is 41.1 Å². The number of hydrogen-bond acceptors (Lipinski definition) is 4. The molecule has 1 aromatic carbocycles. The lowest BCUT2D eigenvalue weighted by Crippen LogP contribution is -2.13. The molecule has 0 radical (unpaired) electrons. The fourth-order valence-corrected chi connectivity index (χ4v) is 4.00. The molecule has 0 spiro atoms. The zero-order chi connectivity index (χ0) is 22.8. The quantitative estimate of drug-likeness (QED) is 0.403. The Bertz CT molecular complexity index is 1310. The number of aromatic carboxylic acids is 2. The molecule has 164 valence electrons. The Morgan fingerprint density at radius 2 is 1.72 bits per heavy atom. The number of nitrogens with zero attached hydrogens (tertiary/aromatic N) is 4. The summed E-state index contributed by atoms with van der Waals surface area (Å²) in [6, 6.07) is 12.5. The standard InChI is InChI=1S/C23H21ClN4O4/c1-2-3-6-17-26-21(24)20(23(31)32)28(17)13-14-8-10-15(11-9-14)18-19(22(29)30)27-12-5-4-7-16(27)25-18/h4-5,7-12H,2-3,6,13H2,1H3,(H,29,30)(H,31,32). The van der Waals surface area contributed by atoms with E-state index in [1.54, 1.807) is 41.1 Å². The van der Waals surface area contributed by atoms with E-state index in [-0.39, 0.29) is 23.1 Å². The minimum atomic E-state index is -1.13. The molecule has 0 fully saturated rings. The zero-order valence-corrected chi connectivity index (χ0v) is 18.1. The van der Waals surface area contributed by atoms with E-state index in [1.807, 2.05) is 12.1 Å². The third-order valence-corrected chi connectivity index (χ3v) is 5.52. The first kappa shape index (κ1) is 21.6. The number of pyridine rings is 1. The lowest BCUT2D eigenvalue weighted by atomic mass is 10.1. The Labute approximate surface area is 188 Å². The predicted octanol–water partition coefficient (Wildman–Crippen LogP) is 4.64. The van der Waals surface area contributed by atoms with Gasteiger partial charge in [-0.15, -0.1) is 0 Å². The van der Waals surface area contributed by atoms with Crippen molar-refractivity contribution in [1.82, 2.24) is 18.9 Å². The Hall–Kier alpha value is -3.65. The van der Waals surface area contributed by atoms with Crippen LogP contribution in [-0.2, 0) is 13.0 Å². The van der Waals surface area contributed by atoms with E-state index >= 15 is 0 Å². The average Bonchev–Trinajstić information content (AvgIpc) is 3.30. The largest absolute Gasteiger partial charge is 0.476 e. The van der Waals surface area contributed by atoms with Gasteiger partial charge in [-0.2, -0.15) is 0 Å². The Morgan fingerprint density at radius 3 is 2.38 bits per heavy atom. The van der Waals surface area contributed by atoms with Crippen molar-refractivity contribution in [2.75, 3.05) is 0 Å². The van der Waals surface area contributed by atoms with Gasteiger partial charge < -0.3 is 14.8 Å². The maximum Gasteiger partial charge on any atom is 0.355 e. The van der Waals surface area contributed by atoms with E-state index in [0.717, 1.165) is 18.4 Å². The van der Waals surface area contributed by atoms with Crippen molar-refractivity contribution < 1.29 is 19.8 Å². The molecule has 0 bridgehead atoms. The Balaban J connectivity index is 1.69. The Morgan fingerprint density at radius 1 is 1.00 bits per heavy atom. The minimum absolute atomic E-state index is 0.0176. The maximum atomic E-state index is 11.9. The molecule has 0 aliphatic rings. The van der Waals surface area contributed by atoms with Crippen molar-refractivity contribution >= 4 is 29.2 Å². The van der Waals surface area contributed by atoms with Crippen molar-refractivity contribution in [2.45, 2.75) is 32.7 Å². The zero-order valence-electron chi connectivity index (χ0n) is 17.3. The summed E-state index contributed by atoms with van der Waals surface area (Å²) >= 11 is 6.10. The van der Waals surface area contributed by atoms with Gasteiger partial charge in [-0.3, -0.25) is 4.40 Å². The van der Waals surface area contributed by atoms with Gasteiger partial charge in [0.05, 0.1) is 0 Å². The van der Waals surface area contributed by atoms with E-state index < -0.39 is 11.9 Å². The molecule has 3 heterocycles. The van der Waals surface area contributed by atoms with Gasteiger partial charge >= 0.3 is 11.9 Å². The van der Waals surface area contributed by atoms with Crippen molar-refractivity contribution in [3.63, 3.8) is 0 Å². The normalized spacial score (nSPS) is 11.2. The van der Waals surface area contributed by atoms with Gasteiger partial charge in [0.25, 0.3) is 0 Å². The van der Waals surface area contributed by atoms with Crippen LogP contribution < -0.4 is 0 Å². The molecule has 0 saturated heterocycles. The van der Waals surface area contributed by atoms with E-state index in [9.17, 15) is 19.8 Å². The second kappa shape index (κ2) is 8.84. The number of hydrogen-bond donors (Lipinski definition) is 2. The molecule has 9 heteroatoms. The van der Waals surface area contributed by atoms with Crippen LogP contribution in [0.1, 0.15) is 52.1 Å². The number of fused-ring (bicyclic) bond motifs is 1. The van der Waals surface area contributed by atoms with E-state index in [2.05, 4.69) is 16.9 Å². The number of carboxylic acids is 2. The van der Waals surface area contributed by atoms with Crippen LogP contribution in [0.2, 0.25) is 5.15 Å². The summed E-state index contributed by atoms with van der Waals surface area (Å²) in [6.45, 7) is 2.34. The van der Waals surface area contributed by atoms with Gasteiger partial charge in [-0.25, -0.2) is 19.6 Å². The molecule has 4 rings (SSSR count).